The lowest BCUT2D eigenvalue weighted by molar-refractivity contribution is 0.298. The van der Waals surface area contributed by atoms with Crippen molar-refractivity contribution in [2.75, 3.05) is 0 Å². The van der Waals surface area contributed by atoms with Crippen LogP contribution in [-0.4, -0.2) is 0 Å². The second-order valence-electron chi connectivity index (χ2n) is 7.06. The Morgan fingerprint density at radius 2 is 1.76 bits per heavy atom. The number of hydrogen-bond acceptors (Lipinski definition) is 3. The Balaban J connectivity index is 1.85. The summed E-state index contributed by atoms with van der Waals surface area (Å²) in [7, 11) is 0. The van der Waals surface area contributed by atoms with Gasteiger partial charge < -0.3 is 9.15 Å². The molecule has 1 heterocycles. The molecule has 0 amide bonds. The van der Waals surface area contributed by atoms with Crippen LogP contribution in [0.5, 0.6) is 5.75 Å². The summed E-state index contributed by atoms with van der Waals surface area (Å²) in [5.41, 5.74) is 4.33. The van der Waals surface area contributed by atoms with E-state index in [1.807, 2.05) is 61.5 Å². The maximum atomic E-state index is 13.3. The number of rotatable bonds is 5. The smallest absolute Gasteiger partial charge is 0.235 e. The van der Waals surface area contributed by atoms with Crippen molar-refractivity contribution in [3.05, 3.63) is 98.7 Å². The molecule has 29 heavy (non-hydrogen) atoms. The summed E-state index contributed by atoms with van der Waals surface area (Å²) in [5.74, 6) is 0.630. The Morgan fingerprint density at radius 1 is 0.966 bits per heavy atom. The van der Waals surface area contributed by atoms with Crippen molar-refractivity contribution in [3.63, 3.8) is 0 Å². The first-order valence-electron chi connectivity index (χ1n) is 9.59. The SMILES string of the molecule is CCc1ccc2oc(-c3ccc(Cl)cc3)c(OCc3cccc(C)c3)c(=O)c2c1. The van der Waals surface area contributed by atoms with E-state index in [9.17, 15) is 4.79 Å². The fourth-order valence-electron chi connectivity index (χ4n) is 3.33. The van der Waals surface area contributed by atoms with Crippen molar-refractivity contribution in [1.29, 1.82) is 0 Å². The van der Waals surface area contributed by atoms with Crippen LogP contribution < -0.4 is 10.2 Å². The number of halogens is 1. The molecule has 0 aliphatic heterocycles. The maximum Gasteiger partial charge on any atom is 0.235 e. The molecule has 4 aromatic rings. The second kappa shape index (κ2) is 8.14. The molecule has 4 heteroatoms. The molecule has 0 unspecified atom stereocenters. The fraction of sp³-hybridized carbons (Fsp3) is 0.160. The molecule has 3 aromatic carbocycles. The van der Waals surface area contributed by atoms with E-state index in [4.69, 9.17) is 20.8 Å². The van der Waals surface area contributed by atoms with E-state index in [1.54, 1.807) is 12.1 Å². The molecule has 0 aliphatic carbocycles. The van der Waals surface area contributed by atoms with Crippen LogP contribution in [0.25, 0.3) is 22.3 Å². The van der Waals surface area contributed by atoms with E-state index in [2.05, 4.69) is 6.92 Å². The third-order valence-electron chi connectivity index (χ3n) is 4.89. The minimum absolute atomic E-state index is 0.167. The first kappa shape index (κ1) is 19.3. The molecule has 0 atom stereocenters. The molecule has 1 aromatic heterocycles. The highest BCUT2D eigenvalue weighted by Crippen LogP contribution is 2.32. The topological polar surface area (TPSA) is 39.4 Å². The molecule has 0 saturated carbocycles. The quantitative estimate of drug-likeness (QED) is 0.378. The van der Waals surface area contributed by atoms with Crippen molar-refractivity contribution in [2.45, 2.75) is 26.9 Å². The predicted octanol–water partition coefficient (Wildman–Crippen LogP) is 6.56. The Kier molecular flexibility index (Phi) is 5.41. The van der Waals surface area contributed by atoms with Gasteiger partial charge in [-0.1, -0.05) is 54.4 Å². The molecule has 0 N–H and O–H groups in total. The summed E-state index contributed by atoms with van der Waals surface area (Å²) < 4.78 is 12.2. The van der Waals surface area contributed by atoms with Gasteiger partial charge in [0.1, 0.15) is 12.2 Å². The molecule has 4 rings (SSSR count). The summed E-state index contributed by atoms with van der Waals surface area (Å²) in [4.78, 5) is 13.3. The predicted molar refractivity (Wildman–Crippen MR) is 118 cm³/mol. The summed E-state index contributed by atoms with van der Waals surface area (Å²) in [6.45, 7) is 4.37. The summed E-state index contributed by atoms with van der Waals surface area (Å²) in [6.07, 6.45) is 0.841. The highest BCUT2D eigenvalue weighted by atomic mass is 35.5. The zero-order valence-electron chi connectivity index (χ0n) is 16.4. The maximum absolute atomic E-state index is 13.3. The minimum Gasteiger partial charge on any atom is -0.481 e. The Hall–Kier alpha value is -3.04. The molecule has 0 fully saturated rings. The van der Waals surface area contributed by atoms with Crippen molar-refractivity contribution in [3.8, 4) is 17.1 Å². The minimum atomic E-state index is -0.167. The monoisotopic (exact) mass is 404 g/mol. The normalized spacial score (nSPS) is 11.0. The molecule has 3 nitrogen and oxygen atoms in total. The zero-order valence-corrected chi connectivity index (χ0v) is 17.1. The van der Waals surface area contributed by atoms with Gasteiger partial charge in [0.05, 0.1) is 5.39 Å². The van der Waals surface area contributed by atoms with E-state index < -0.39 is 0 Å². The van der Waals surface area contributed by atoms with Gasteiger partial charge in [0, 0.05) is 10.6 Å². The molecule has 146 valence electrons. The Labute approximate surface area is 174 Å². The van der Waals surface area contributed by atoms with Crippen LogP contribution in [0.15, 0.2) is 75.9 Å². The lowest BCUT2D eigenvalue weighted by Crippen LogP contribution is -2.10. The van der Waals surface area contributed by atoms with Gasteiger partial charge >= 0.3 is 0 Å². The average Bonchev–Trinajstić information content (AvgIpc) is 2.73. The van der Waals surface area contributed by atoms with Gasteiger partial charge in [-0.05, 0) is 60.9 Å². The number of benzene rings is 3. The third kappa shape index (κ3) is 4.06. The van der Waals surface area contributed by atoms with Crippen LogP contribution >= 0.6 is 11.6 Å². The highest BCUT2D eigenvalue weighted by molar-refractivity contribution is 6.30. The van der Waals surface area contributed by atoms with E-state index in [-0.39, 0.29) is 17.8 Å². The van der Waals surface area contributed by atoms with E-state index >= 15 is 0 Å². The zero-order chi connectivity index (χ0) is 20.4. The van der Waals surface area contributed by atoms with Crippen LogP contribution in [-0.2, 0) is 13.0 Å². The Bertz CT molecular complexity index is 1220. The third-order valence-corrected chi connectivity index (χ3v) is 5.15. The van der Waals surface area contributed by atoms with Gasteiger partial charge in [-0.25, -0.2) is 0 Å². The van der Waals surface area contributed by atoms with Gasteiger partial charge in [0.2, 0.25) is 11.2 Å². The van der Waals surface area contributed by atoms with Crippen molar-refractivity contribution < 1.29 is 9.15 Å². The van der Waals surface area contributed by atoms with E-state index in [0.29, 0.717) is 21.8 Å². The molecule has 0 aliphatic rings. The van der Waals surface area contributed by atoms with Crippen LogP contribution in [0.1, 0.15) is 23.6 Å². The van der Waals surface area contributed by atoms with Crippen LogP contribution in [0.4, 0.5) is 0 Å². The molecule has 0 spiro atoms. The molecule has 0 radical (unpaired) electrons. The summed E-state index contributed by atoms with van der Waals surface area (Å²) in [6, 6.07) is 20.9. The molecule has 0 saturated heterocycles. The van der Waals surface area contributed by atoms with Crippen molar-refractivity contribution in [2.24, 2.45) is 0 Å². The van der Waals surface area contributed by atoms with Crippen LogP contribution in [0, 0.1) is 6.92 Å². The number of fused-ring (bicyclic) bond motifs is 1. The highest BCUT2D eigenvalue weighted by Gasteiger charge is 2.18. The van der Waals surface area contributed by atoms with Gasteiger partial charge in [-0.3, -0.25) is 4.79 Å². The summed E-state index contributed by atoms with van der Waals surface area (Å²) in [5, 5.41) is 1.15. The van der Waals surface area contributed by atoms with Crippen molar-refractivity contribution >= 4 is 22.6 Å². The van der Waals surface area contributed by atoms with Gasteiger partial charge in [0.25, 0.3) is 0 Å². The van der Waals surface area contributed by atoms with Gasteiger partial charge in [0.15, 0.2) is 5.76 Å². The molecule has 0 bridgehead atoms. The van der Waals surface area contributed by atoms with E-state index in [0.717, 1.165) is 28.7 Å². The number of aryl methyl sites for hydroxylation is 2. The molecular formula is C25H21ClO3. The molecular weight excluding hydrogens is 384 g/mol. The van der Waals surface area contributed by atoms with Crippen molar-refractivity contribution in [1.82, 2.24) is 0 Å². The first-order chi connectivity index (χ1) is 14.0. The standard InChI is InChI=1S/C25H21ClO3/c1-3-17-7-12-22-21(14-17)23(27)25(28-15-18-6-4-5-16(2)13-18)24(29-22)19-8-10-20(26)11-9-19/h4-14H,3,15H2,1-2H3. The lowest BCUT2D eigenvalue weighted by Gasteiger charge is -2.13. The second-order valence-corrected chi connectivity index (χ2v) is 7.49. The first-order valence-corrected chi connectivity index (χ1v) is 9.97. The Morgan fingerprint density at radius 3 is 2.48 bits per heavy atom. The van der Waals surface area contributed by atoms with Gasteiger partial charge in [-0.2, -0.15) is 0 Å². The van der Waals surface area contributed by atoms with Crippen LogP contribution in [0.3, 0.4) is 0 Å². The number of ether oxygens (including phenoxy) is 1. The van der Waals surface area contributed by atoms with Gasteiger partial charge in [-0.15, -0.1) is 0 Å². The number of hydrogen-bond donors (Lipinski definition) is 0. The largest absolute Gasteiger partial charge is 0.481 e. The fourth-order valence-corrected chi connectivity index (χ4v) is 3.45. The average molecular weight is 405 g/mol. The summed E-state index contributed by atoms with van der Waals surface area (Å²) >= 11 is 6.03. The van der Waals surface area contributed by atoms with Crippen LogP contribution in [0.2, 0.25) is 5.02 Å². The lowest BCUT2D eigenvalue weighted by atomic mass is 10.1. The van der Waals surface area contributed by atoms with E-state index in [1.165, 1.54) is 0 Å².